The first-order chi connectivity index (χ1) is 7.27. The molecule has 82 valence electrons. The van der Waals surface area contributed by atoms with E-state index in [2.05, 4.69) is 39.2 Å². The Morgan fingerprint density at radius 3 is 3.00 bits per heavy atom. The Labute approximate surface area is 89.9 Å². The van der Waals surface area contributed by atoms with Gasteiger partial charge in [0.2, 0.25) is 5.95 Å². The summed E-state index contributed by atoms with van der Waals surface area (Å²) in [7, 11) is 0. The zero-order chi connectivity index (χ0) is 10.7. The topological polar surface area (TPSA) is 53.9 Å². The van der Waals surface area contributed by atoms with E-state index >= 15 is 0 Å². The number of piperazine rings is 1. The molecule has 1 aliphatic rings. The Balaban J connectivity index is 2.05. The van der Waals surface area contributed by atoms with Gasteiger partial charge >= 0.3 is 0 Å². The largest absolute Gasteiger partial charge is 0.337 e. The maximum Gasteiger partial charge on any atom is 0.245 e. The lowest BCUT2D eigenvalue weighted by Gasteiger charge is -2.35. The third kappa shape index (κ3) is 2.41. The molecule has 0 radical (unpaired) electrons. The van der Waals surface area contributed by atoms with Crippen molar-refractivity contribution in [2.75, 3.05) is 24.5 Å². The molecule has 1 aliphatic heterocycles. The molecule has 1 N–H and O–H groups in total. The highest BCUT2D eigenvalue weighted by Gasteiger charge is 2.23. The lowest BCUT2D eigenvalue weighted by molar-refractivity contribution is 0.365. The molecule has 5 heteroatoms. The smallest absolute Gasteiger partial charge is 0.245 e. The molecule has 0 aliphatic carbocycles. The highest BCUT2D eigenvalue weighted by molar-refractivity contribution is 5.28. The van der Waals surface area contributed by atoms with Crippen LogP contribution in [0.4, 0.5) is 5.95 Å². The van der Waals surface area contributed by atoms with Gasteiger partial charge in [-0.25, -0.2) is 4.98 Å². The summed E-state index contributed by atoms with van der Waals surface area (Å²) in [5.41, 5.74) is 0. The summed E-state index contributed by atoms with van der Waals surface area (Å²) in [4.78, 5) is 6.41. The second kappa shape index (κ2) is 4.53. The molecular formula is C10H17N5. The average Bonchev–Trinajstić information content (AvgIpc) is 2.30. The molecule has 1 saturated heterocycles. The van der Waals surface area contributed by atoms with Gasteiger partial charge < -0.3 is 10.2 Å². The number of anilines is 1. The Morgan fingerprint density at radius 2 is 2.33 bits per heavy atom. The van der Waals surface area contributed by atoms with Gasteiger partial charge in [0.05, 0.1) is 12.4 Å². The van der Waals surface area contributed by atoms with E-state index in [0.29, 0.717) is 12.0 Å². The normalized spacial score (nSPS) is 22.1. The Morgan fingerprint density at radius 1 is 1.47 bits per heavy atom. The summed E-state index contributed by atoms with van der Waals surface area (Å²) in [6, 6.07) is 0.516. The van der Waals surface area contributed by atoms with Crippen molar-refractivity contribution in [3.05, 3.63) is 12.4 Å². The second-order valence-electron chi connectivity index (χ2n) is 4.19. The molecule has 2 rings (SSSR count). The highest BCUT2D eigenvalue weighted by atomic mass is 15.3. The fourth-order valence-electron chi connectivity index (χ4n) is 1.79. The number of aromatic nitrogens is 3. The van der Waals surface area contributed by atoms with Gasteiger partial charge in [-0.2, -0.15) is 5.10 Å². The SMILES string of the molecule is CC(C)[C@@H]1CN(c2nccnn2)CCN1. The van der Waals surface area contributed by atoms with Crippen LogP contribution in [-0.4, -0.2) is 40.9 Å². The summed E-state index contributed by atoms with van der Waals surface area (Å²) in [5, 5.41) is 11.4. The standard InChI is InChI=1S/C10H17N5/c1-8(2)9-7-15(6-5-11-9)10-12-3-4-13-14-10/h3-4,8-9,11H,5-7H2,1-2H3/t9-/m0/s1. The van der Waals surface area contributed by atoms with Gasteiger partial charge in [0.25, 0.3) is 0 Å². The van der Waals surface area contributed by atoms with E-state index in [9.17, 15) is 0 Å². The maximum atomic E-state index is 4.22. The van der Waals surface area contributed by atoms with Crippen LogP contribution in [-0.2, 0) is 0 Å². The minimum absolute atomic E-state index is 0.516. The molecule has 0 bridgehead atoms. The minimum Gasteiger partial charge on any atom is -0.337 e. The van der Waals surface area contributed by atoms with Crippen molar-refractivity contribution in [1.29, 1.82) is 0 Å². The van der Waals surface area contributed by atoms with Crippen LogP contribution in [0.1, 0.15) is 13.8 Å². The third-order valence-corrected chi connectivity index (χ3v) is 2.76. The first kappa shape index (κ1) is 10.3. The lowest BCUT2D eigenvalue weighted by Crippen LogP contribution is -2.53. The van der Waals surface area contributed by atoms with Crippen LogP contribution < -0.4 is 10.2 Å². The van der Waals surface area contributed by atoms with Gasteiger partial charge in [-0.05, 0) is 5.92 Å². The van der Waals surface area contributed by atoms with Crippen LogP contribution in [0.25, 0.3) is 0 Å². The molecule has 0 spiro atoms. The molecule has 1 aromatic heterocycles. The molecular weight excluding hydrogens is 190 g/mol. The van der Waals surface area contributed by atoms with Crippen molar-refractivity contribution >= 4 is 5.95 Å². The first-order valence-electron chi connectivity index (χ1n) is 5.39. The summed E-state index contributed by atoms with van der Waals surface area (Å²) in [5.74, 6) is 1.37. The van der Waals surface area contributed by atoms with Crippen LogP contribution >= 0.6 is 0 Å². The van der Waals surface area contributed by atoms with Gasteiger partial charge in [0.1, 0.15) is 0 Å². The molecule has 1 aromatic rings. The zero-order valence-corrected chi connectivity index (χ0v) is 9.22. The fraction of sp³-hybridized carbons (Fsp3) is 0.700. The van der Waals surface area contributed by atoms with Crippen LogP contribution in [0.3, 0.4) is 0 Å². The van der Waals surface area contributed by atoms with E-state index < -0.39 is 0 Å². The van der Waals surface area contributed by atoms with Gasteiger partial charge in [0, 0.05) is 25.7 Å². The molecule has 0 amide bonds. The van der Waals surface area contributed by atoms with E-state index in [1.165, 1.54) is 0 Å². The molecule has 0 unspecified atom stereocenters. The van der Waals surface area contributed by atoms with Crippen LogP contribution in [0.15, 0.2) is 12.4 Å². The van der Waals surface area contributed by atoms with E-state index in [-0.39, 0.29) is 0 Å². The van der Waals surface area contributed by atoms with Crippen LogP contribution in [0, 0.1) is 5.92 Å². The molecule has 2 heterocycles. The van der Waals surface area contributed by atoms with Crippen molar-refractivity contribution in [1.82, 2.24) is 20.5 Å². The Hall–Kier alpha value is -1.23. The molecule has 5 nitrogen and oxygen atoms in total. The van der Waals surface area contributed by atoms with Crippen molar-refractivity contribution in [3.63, 3.8) is 0 Å². The Bertz CT molecular complexity index is 300. The summed E-state index contributed by atoms with van der Waals surface area (Å²) in [6.45, 7) is 7.36. The predicted molar refractivity (Wildman–Crippen MR) is 58.7 cm³/mol. The van der Waals surface area contributed by atoms with E-state index in [1.54, 1.807) is 12.4 Å². The van der Waals surface area contributed by atoms with Gasteiger partial charge in [-0.15, -0.1) is 5.10 Å². The van der Waals surface area contributed by atoms with E-state index in [4.69, 9.17) is 0 Å². The number of nitrogens with zero attached hydrogens (tertiary/aromatic N) is 4. The van der Waals surface area contributed by atoms with Crippen LogP contribution in [0.5, 0.6) is 0 Å². The number of hydrogen-bond acceptors (Lipinski definition) is 5. The molecule has 0 saturated carbocycles. The quantitative estimate of drug-likeness (QED) is 0.756. The monoisotopic (exact) mass is 207 g/mol. The van der Waals surface area contributed by atoms with E-state index in [0.717, 1.165) is 25.6 Å². The van der Waals surface area contributed by atoms with Crippen molar-refractivity contribution < 1.29 is 0 Å². The first-order valence-corrected chi connectivity index (χ1v) is 5.39. The minimum atomic E-state index is 0.516. The maximum absolute atomic E-state index is 4.22. The number of hydrogen-bond donors (Lipinski definition) is 1. The van der Waals surface area contributed by atoms with Crippen molar-refractivity contribution in [2.24, 2.45) is 5.92 Å². The average molecular weight is 207 g/mol. The van der Waals surface area contributed by atoms with Crippen molar-refractivity contribution in [3.8, 4) is 0 Å². The molecule has 1 fully saturated rings. The van der Waals surface area contributed by atoms with Gasteiger partial charge in [0.15, 0.2) is 0 Å². The number of rotatable bonds is 2. The summed E-state index contributed by atoms with van der Waals surface area (Å²) >= 11 is 0. The molecule has 1 atom stereocenters. The predicted octanol–water partition coefficient (Wildman–Crippen LogP) is 0.306. The summed E-state index contributed by atoms with van der Waals surface area (Å²) in [6.07, 6.45) is 3.29. The fourth-order valence-corrected chi connectivity index (χ4v) is 1.79. The third-order valence-electron chi connectivity index (χ3n) is 2.76. The van der Waals surface area contributed by atoms with Gasteiger partial charge in [-0.3, -0.25) is 0 Å². The van der Waals surface area contributed by atoms with Crippen molar-refractivity contribution in [2.45, 2.75) is 19.9 Å². The van der Waals surface area contributed by atoms with E-state index in [1.807, 2.05) is 0 Å². The van der Waals surface area contributed by atoms with Crippen LogP contribution in [0.2, 0.25) is 0 Å². The lowest BCUT2D eigenvalue weighted by atomic mass is 10.0. The summed E-state index contributed by atoms with van der Waals surface area (Å²) < 4.78 is 0. The molecule has 0 aromatic carbocycles. The highest BCUT2D eigenvalue weighted by Crippen LogP contribution is 2.12. The Kier molecular flexibility index (Phi) is 3.11. The zero-order valence-electron chi connectivity index (χ0n) is 9.22. The second-order valence-corrected chi connectivity index (χ2v) is 4.19. The van der Waals surface area contributed by atoms with Gasteiger partial charge in [-0.1, -0.05) is 13.8 Å². The molecule has 15 heavy (non-hydrogen) atoms. The number of nitrogens with one attached hydrogen (secondary N) is 1.